The minimum Gasteiger partial charge on any atom is -0.344 e. The van der Waals surface area contributed by atoms with Gasteiger partial charge in [-0.3, -0.25) is 9.69 Å². The first kappa shape index (κ1) is 19.8. The van der Waals surface area contributed by atoms with Gasteiger partial charge in [-0.25, -0.2) is 0 Å². The Morgan fingerprint density at radius 2 is 2.07 bits per heavy atom. The van der Waals surface area contributed by atoms with Gasteiger partial charge in [-0.15, -0.1) is 0 Å². The number of nitrogens with zero attached hydrogens (tertiary/aromatic N) is 3. The van der Waals surface area contributed by atoms with Crippen LogP contribution in [0.3, 0.4) is 0 Å². The Morgan fingerprint density at radius 1 is 1.21 bits per heavy atom. The van der Waals surface area contributed by atoms with E-state index in [0.717, 1.165) is 56.0 Å². The van der Waals surface area contributed by atoms with Gasteiger partial charge in [-0.1, -0.05) is 24.3 Å². The Morgan fingerprint density at radius 3 is 2.89 bits per heavy atom. The van der Waals surface area contributed by atoms with E-state index in [9.17, 15) is 4.79 Å². The Balaban J connectivity index is 1.64. The summed E-state index contributed by atoms with van der Waals surface area (Å²) in [6.07, 6.45) is 14.8. The monoisotopic (exact) mass is 401 g/mol. The van der Waals surface area contributed by atoms with E-state index in [1.165, 1.54) is 30.5 Å². The normalized spacial score (nSPS) is 32.3. The summed E-state index contributed by atoms with van der Waals surface area (Å²) in [5.74, 6) is 0.297. The molecule has 0 aromatic carbocycles. The van der Waals surface area contributed by atoms with Gasteiger partial charge in [0.15, 0.2) is 0 Å². The molecule has 2 fully saturated rings. The van der Waals surface area contributed by atoms with Gasteiger partial charge in [0.2, 0.25) is 5.91 Å². The predicted molar refractivity (Wildman–Crippen MR) is 115 cm³/mol. The van der Waals surface area contributed by atoms with E-state index in [-0.39, 0.29) is 0 Å². The number of hydrogen-bond acceptors (Lipinski definition) is 3. The minimum atomic E-state index is 0.297. The van der Waals surface area contributed by atoms with Crippen molar-refractivity contribution in [2.24, 2.45) is 0 Å². The van der Waals surface area contributed by atoms with Crippen LogP contribution in [0.2, 0.25) is 0 Å². The van der Waals surface area contributed by atoms with Crippen LogP contribution >= 0.6 is 11.6 Å². The molecule has 4 aliphatic rings. The average Bonchev–Trinajstić information content (AvgIpc) is 2.70. The topological polar surface area (TPSA) is 26.8 Å². The van der Waals surface area contributed by atoms with Crippen LogP contribution in [0.4, 0.5) is 0 Å². The molecule has 4 nitrogen and oxygen atoms in total. The fourth-order valence-electron chi connectivity index (χ4n) is 5.31. The van der Waals surface area contributed by atoms with Crippen LogP contribution in [0.1, 0.15) is 51.4 Å². The number of amides is 1. The first-order valence-electron chi connectivity index (χ1n) is 10.8. The van der Waals surface area contributed by atoms with Gasteiger partial charge in [0.25, 0.3) is 0 Å². The standard InChI is InChI=1S/C23H32ClN3O/c1-17-15-18(24)7-5-9-20-21-10-6-8-19(25(21)2)16-22(20)27(17)14-13-26-12-4-3-11-23(26)28/h5,7,15,19,21H,1,3-4,6,8-14,16H2,2H3/b7-5-,18-15+. The lowest BCUT2D eigenvalue weighted by molar-refractivity contribution is -0.133. The van der Waals surface area contributed by atoms with Crippen molar-refractivity contribution in [3.63, 3.8) is 0 Å². The van der Waals surface area contributed by atoms with E-state index in [1.807, 2.05) is 17.1 Å². The second kappa shape index (κ2) is 8.46. The van der Waals surface area contributed by atoms with Crippen molar-refractivity contribution >= 4 is 17.5 Å². The predicted octanol–water partition coefficient (Wildman–Crippen LogP) is 4.41. The molecule has 1 amide bonds. The summed E-state index contributed by atoms with van der Waals surface area (Å²) in [7, 11) is 2.28. The quantitative estimate of drug-likeness (QED) is 0.700. The molecule has 0 aliphatic carbocycles. The fourth-order valence-corrected chi connectivity index (χ4v) is 5.53. The largest absolute Gasteiger partial charge is 0.344 e. The molecule has 4 rings (SSSR count). The van der Waals surface area contributed by atoms with Gasteiger partial charge in [0, 0.05) is 61.0 Å². The molecular weight excluding hydrogens is 370 g/mol. The van der Waals surface area contributed by atoms with Gasteiger partial charge in [0.05, 0.1) is 0 Å². The summed E-state index contributed by atoms with van der Waals surface area (Å²) >= 11 is 6.43. The van der Waals surface area contributed by atoms with Gasteiger partial charge in [-0.2, -0.15) is 0 Å². The highest BCUT2D eigenvalue weighted by Crippen LogP contribution is 2.40. The van der Waals surface area contributed by atoms with E-state index in [0.29, 0.717) is 24.4 Å². The molecule has 0 spiro atoms. The summed E-state index contributed by atoms with van der Waals surface area (Å²) in [4.78, 5) is 19.3. The van der Waals surface area contributed by atoms with Gasteiger partial charge in [-0.05, 0) is 63.3 Å². The molecule has 0 radical (unpaired) electrons. The molecule has 0 N–H and O–H groups in total. The number of likely N-dealkylation sites (N-methyl/N-ethyl adjacent to an activating group) is 1. The highest BCUT2D eigenvalue weighted by molar-refractivity contribution is 6.31. The van der Waals surface area contributed by atoms with Crippen molar-refractivity contribution in [3.8, 4) is 0 Å². The highest BCUT2D eigenvalue weighted by atomic mass is 35.5. The molecule has 2 saturated heterocycles. The summed E-state index contributed by atoms with van der Waals surface area (Å²) < 4.78 is 0. The van der Waals surface area contributed by atoms with E-state index in [2.05, 4.69) is 29.5 Å². The zero-order valence-corrected chi connectivity index (χ0v) is 17.8. The van der Waals surface area contributed by atoms with Gasteiger partial charge < -0.3 is 9.80 Å². The smallest absolute Gasteiger partial charge is 0.222 e. The second-order valence-corrected chi connectivity index (χ2v) is 9.00. The lowest BCUT2D eigenvalue weighted by Gasteiger charge is -2.48. The molecule has 28 heavy (non-hydrogen) atoms. The highest BCUT2D eigenvalue weighted by Gasteiger charge is 2.38. The summed E-state index contributed by atoms with van der Waals surface area (Å²) in [5, 5.41) is 0.722. The van der Waals surface area contributed by atoms with Gasteiger partial charge in [0.1, 0.15) is 0 Å². The minimum absolute atomic E-state index is 0.297. The molecule has 2 unspecified atom stereocenters. The molecule has 0 aromatic heterocycles. The lowest BCUT2D eigenvalue weighted by atomic mass is 9.81. The molecule has 2 atom stereocenters. The molecule has 0 saturated carbocycles. The van der Waals surface area contributed by atoms with Crippen LogP contribution in [0.15, 0.2) is 46.8 Å². The third kappa shape index (κ3) is 3.95. The second-order valence-electron chi connectivity index (χ2n) is 8.56. The van der Waals surface area contributed by atoms with Crippen molar-refractivity contribution in [1.82, 2.24) is 14.7 Å². The van der Waals surface area contributed by atoms with Crippen LogP contribution in [0.5, 0.6) is 0 Å². The molecular formula is C23H32ClN3O. The number of carbonyl (C=O) groups excluding carboxylic acids is 1. The van der Waals surface area contributed by atoms with E-state index in [1.54, 1.807) is 0 Å². The fraction of sp³-hybridized carbons (Fsp3) is 0.609. The van der Waals surface area contributed by atoms with Crippen molar-refractivity contribution in [1.29, 1.82) is 0 Å². The van der Waals surface area contributed by atoms with Gasteiger partial charge >= 0.3 is 0 Å². The maximum atomic E-state index is 12.3. The molecule has 4 heterocycles. The molecule has 2 bridgehead atoms. The number of likely N-dealkylation sites (tertiary alicyclic amines) is 1. The Bertz CT molecular complexity index is 738. The maximum absolute atomic E-state index is 12.3. The number of carbonyl (C=O) groups is 1. The third-order valence-electron chi connectivity index (χ3n) is 6.89. The molecule has 152 valence electrons. The first-order chi connectivity index (χ1) is 13.5. The number of hydrogen-bond donors (Lipinski definition) is 0. The molecule has 4 aliphatic heterocycles. The molecule has 0 aromatic rings. The Kier molecular flexibility index (Phi) is 5.98. The third-order valence-corrected chi connectivity index (χ3v) is 7.13. The number of fused-ring (bicyclic) bond motifs is 3. The summed E-state index contributed by atoms with van der Waals surface area (Å²) in [5.41, 5.74) is 3.88. The first-order valence-corrected chi connectivity index (χ1v) is 11.1. The zero-order valence-electron chi connectivity index (χ0n) is 17.0. The van der Waals surface area contributed by atoms with E-state index >= 15 is 0 Å². The van der Waals surface area contributed by atoms with Crippen LogP contribution in [0.25, 0.3) is 0 Å². The van der Waals surface area contributed by atoms with Crippen LogP contribution in [0, 0.1) is 0 Å². The summed E-state index contributed by atoms with van der Waals surface area (Å²) in [6.45, 7) is 6.80. The van der Waals surface area contributed by atoms with Crippen LogP contribution in [-0.4, -0.2) is 59.4 Å². The SMILES string of the molecule is C=C1/C=C(Cl)\C=C/CC2=C(CC3CCCC2N3C)N1CCN1CCCCC1=O. The average molecular weight is 402 g/mol. The lowest BCUT2D eigenvalue weighted by Crippen LogP contribution is -2.51. The number of halogens is 1. The van der Waals surface area contributed by atoms with E-state index in [4.69, 9.17) is 11.6 Å². The number of piperidine rings is 2. The van der Waals surface area contributed by atoms with Crippen LogP contribution in [-0.2, 0) is 4.79 Å². The number of allylic oxidation sites excluding steroid dienone is 4. The van der Waals surface area contributed by atoms with Crippen molar-refractivity contribution in [2.45, 2.75) is 63.5 Å². The Hall–Kier alpha value is -1.52. The van der Waals surface area contributed by atoms with Crippen LogP contribution < -0.4 is 0 Å². The number of rotatable bonds is 3. The zero-order chi connectivity index (χ0) is 19.7. The molecule has 5 heteroatoms. The van der Waals surface area contributed by atoms with Crippen molar-refractivity contribution in [2.75, 3.05) is 26.7 Å². The summed E-state index contributed by atoms with van der Waals surface area (Å²) in [6, 6.07) is 1.12. The van der Waals surface area contributed by atoms with Crippen molar-refractivity contribution in [3.05, 3.63) is 46.8 Å². The van der Waals surface area contributed by atoms with Crippen molar-refractivity contribution < 1.29 is 4.79 Å². The Labute approximate surface area is 174 Å². The maximum Gasteiger partial charge on any atom is 0.222 e. The van der Waals surface area contributed by atoms with E-state index < -0.39 is 0 Å².